The van der Waals surface area contributed by atoms with Gasteiger partial charge in [0, 0.05) is 6.61 Å². The lowest BCUT2D eigenvalue weighted by molar-refractivity contribution is 0.00439. The van der Waals surface area contributed by atoms with Crippen LogP contribution < -0.4 is 5.32 Å². The van der Waals surface area contributed by atoms with E-state index in [9.17, 15) is 0 Å². The second-order valence-electron chi connectivity index (χ2n) is 3.11. The highest BCUT2D eigenvalue weighted by Gasteiger charge is 2.21. The highest BCUT2D eigenvalue weighted by molar-refractivity contribution is 5.03. The Morgan fingerprint density at radius 3 is 3.00 bits per heavy atom. The van der Waals surface area contributed by atoms with Crippen LogP contribution in [0.15, 0.2) is 0 Å². The van der Waals surface area contributed by atoms with Crippen molar-refractivity contribution >= 4 is 0 Å². The normalized spacial score (nSPS) is 26.2. The number of nitrogens with one attached hydrogen (secondary N) is 1. The number of terminal acetylenes is 1. The van der Waals surface area contributed by atoms with Gasteiger partial charge in [-0.3, -0.25) is 0 Å². The van der Waals surface area contributed by atoms with Gasteiger partial charge in [-0.05, 0) is 25.8 Å². The topological polar surface area (TPSA) is 21.3 Å². The van der Waals surface area contributed by atoms with Crippen LogP contribution in [-0.4, -0.2) is 25.3 Å². The van der Waals surface area contributed by atoms with Gasteiger partial charge in [0.05, 0.1) is 12.1 Å². The Kier molecular flexibility index (Phi) is 4.13. The first-order valence-electron chi connectivity index (χ1n) is 4.69. The largest absolute Gasteiger partial charge is 0.376 e. The molecule has 0 amide bonds. The maximum atomic E-state index is 5.58. The Morgan fingerprint density at radius 1 is 1.67 bits per heavy atom. The van der Waals surface area contributed by atoms with E-state index in [2.05, 4.69) is 18.2 Å². The van der Waals surface area contributed by atoms with Crippen molar-refractivity contribution < 1.29 is 4.74 Å². The van der Waals surface area contributed by atoms with E-state index in [1.807, 2.05) is 0 Å². The second-order valence-corrected chi connectivity index (χ2v) is 3.11. The minimum Gasteiger partial charge on any atom is -0.376 e. The molecule has 1 aliphatic rings. The lowest BCUT2D eigenvalue weighted by atomic mass is 10.0. The summed E-state index contributed by atoms with van der Waals surface area (Å²) in [5.74, 6) is 2.74. The number of rotatable bonds is 3. The highest BCUT2D eigenvalue weighted by Crippen LogP contribution is 2.15. The summed E-state index contributed by atoms with van der Waals surface area (Å²) in [5, 5.41) is 3.24. The smallest absolute Gasteiger partial charge is 0.0952 e. The van der Waals surface area contributed by atoms with E-state index in [0.29, 0.717) is 0 Å². The van der Waals surface area contributed by atoms with Gasteiger partial charge in [-0.1, -0.05) is 12.8 Å². The summed E-state index contributed by atoms with van der Waals surface area (Å²) in [6, 6.07) is 0.107. The van der Waals surface area contributed by atoms with Crippen LogP contribution in [0.3, 0.4) is 0 Å². The molecule has 0 bridgehead atoms. The lowest BCUT2D eigenvalue weighted by Crippen LogP contribution is -2.41. The third kappa shape index (κ3) is 2.51. The van der Waals surface area contributed by atoms with Gasteiger partial charge in [0.15, 0.2) is 0 Å². The summed E-state index contributed by atoms with van der Waals surface area (Å²) in [6.45, 7) is 3.84. The molecule has 0 aromatic carbocycles. The molecule has 2 atom stereocenters. The molecule has 0 aromatic heterocycles. The molecule has 0 spiro atoms. The van der Waals surface area contributed by atoms with Crippen molar-refractivity contribution in [2.24, 2.45) is 0 Å². The molecule has 0 aliphatic carbocycles. The van der Waals surface area contributed by atoms with E-state index in [1.165, 1.54) is 12.8 Å². The first kappa shape index (κ1) is 9.57. The number of hydrogen-bond donors (Lipinski definition) is 1. The Balaban J connectivity index is 2.36. The molecule has 1 N–H and O–H groups in total. The van der Waals surface area contributed by atoms with Crippen LogP contribution in [0.5, 0.6) is 0 Å². The SMILES string of the molecule is C#CC(NCC)C1CCCCO1. The number of likely N-dealkylation sites (N-methyl/N-ethyl adjacent to an activating group) is 1. The summed E-state index contributed by atoms with van der Waals surface area (Å²) in [6.07, 6.45) is 9.16. The van der Waals surface area contributed by atoms with E-state index >= 15 is 0 Å². The van der Waals surface area contributed by atoms with Gasteiger partial charge in [-0.2, -0.15) is 0 Å². The fraction of sp³-hybridized carbons (Fsp3) is 0.800. The molecule has 2 heteroatoms. The minimum atomic E-state index is 0.107. The van der Waals surface area contributed by atoms with Crippen molar-refractivity contribution in [3.05, 3.63) is 0 Å². The van der Waals surface area contributed by atoms with Crippen LogP contribution in [0.4, 0.5) is 0 Å². The third-order valence-electron chi connectivity index (χ3n) is 2.19. The van der Waals surface area contributed by atoms with Gasteiger partial charge in [0.25, 0.3) is 0 Å². The molecule has 0 radical (unpaired) electrons. The summed E-state index contributed by atoms with van der Waals surface area (Å²) >= 11 is 0. The molecular formula is C10H17NO. The Labute approximate surface area is 74.7 Å². The Morgan fingerprint density at radius 2 is 2.50 bits per heavy atom. The zero-order valence-corrected chi connectivity index (χ0v) is 7.68. The maximum absolute atomic E-state index is 5.58. The van der Waals surface area contributed by atoms with Crippen molar-refractivity contribution in [3.8, 4) is 12.3 Å². The summed E-state index contributed by atoms with van der Waals surface area (Å²) < 4.78 is 5.58. The fourth-order valence-electron chi connectivity index (χ4n) is 1.55. The Hall–Kier alpha value is -0.520. The van der Waals surface area contributed by atoms with Crippen molar-refractivity contribution in [1.82, 2.24) is 5.32 Å². The monoisotopic (exact) mass is 167 g/mol. The van der Waals surface area contributed by atoms with Gasteiger partial charge >= 0.3 is 0 Å². The minimum absolute atomic E-state index is 0.107. The van der Waals surface area contributed by atoms with Crippen molar-refractivity contribution in [1.29, 1.82) is 0 Å². The number of ether oxygens (including phenoxy) is 1. The Bertz CT molecular complexity index is 156. The second kappa shape index (κ2) is 5.18. The van der Waals surface area contributed by atoms with E-state index in [0.717, 1.165) is 19.6 Å². The first-order valence-corrected chi connectivity index (χ1v) is 4.69. The van der Waals surface area contributed by atoms with Crippen LogP contribution in [0.1, 0.15) is 26.2 Å². The van der Waals surface area contributed by atoms with Gasteiger partial charge in [0.2, 0.25) is 0 Å². The molecule has 1 heterocycles. The van der Waals surface area contributed by atoms with E-state index in [1.54, 1.807) is 0 Å². The molecule has 1 aliphatic heterocycles. The van der Waals surface area contributed by atoms with Gasteiger partial charge in [-0.25, -0.2) is 0 Å². The lowest BCUT2D eigenvalue weighted by Gasteiger charge is -2.27. The van der Waals surface area contributed by atoms with Crippen LogP contribution in [0, 0.1) is 12.3 Å². The molecule has 68 valence electrons. The average Bonchev–Trinajstić information content (AvgIpc) is 2.15. The molecular weight excluding hydrogens is 150 g/mol. The summed E-state index contributed by atoms with van der Waals surface area (Å²) in [7, 11) is 0. The summed E-state index contributed by atoms with van der Waals surface area (Å²) in [5.41, 5.74) is 0. The van der Waals surface area contributed by atoms with Crippen molar-refractivity contribution in [2.75, 3.05) is 13.2 Å². The van der Waals surface area contributed by atoms with Crippen LogP contribution in [0.25, 0.3) is 0 Å². The van der Waals surface area contributed by atoms with E-state index < -0.39 is 0 Å². The average molecular weight is 167 g/mol. The van der Waals surface area contributed by atoms with Gasteiger partial charge in [0.1, 0.15) is 0 Å². The van der Waals surface area contributed by atoms with Crippen LogP contribution in [-0.2, 0) is 4.74 Å². The fourth-order valence-corrected chi connectivity index (χ4v) is 1.55. The number of hydrogen-bond acceptors (Lipinski definition) is 2. The first-order chi connectivity index (χ1) is 5.88. The molecule has 0 aromatic rings. The van der Waals surface area contributed by atoms with E-state index in [4.69, 9.17) is 11.2 Å². The van der Waals surface area contributed by atoms with E-state index in [-0.39, 0.29) is 12.1 Å². The summed E-state index contributed by atoms with van der Waals surface area (Å²) in [4.78, 5) is 0. The molecule has 2 unspecified atom stereocenters. The van der Waals surface area contributed by atoms with Crippen LogP contribution in [0.2, 0.25) is 0 Å². The molecule has 12 heavy (non-hydrogen) atoms. The zero-order chi connectivity index (χ0) is 8.81. The third-order valence-corrected chi connectivity index (χ3v) is 2.19. The van der Waals surface area contributed by atoms with Crippen LogP contribution >= 0.6 is 0 Å². The van der Waals surface area contributed by atoms with Gasteiger partial charge in [-0.15, -0.1) is 6.42 Å². The van der Waals surface area contributed by atoms with Crippen molar-refractivity contribution in [3.63, 3.8) is 0 Å². The quantitative estimate of drug-likeness (QED) is 0.637. The molecule has 1 rings (SSSR count). The molecule has 1 fully saturated rings. The predicted octanol–water partition coefficient (Wildman–Crippen LogP) is 1.17. The standard InChI is InChI=1S/C10H17NO/c1-3-9(11-4-2)10-7-5-6-8-12-10/h1,9-11H,4-8H2,2H3. The molecule has 0 saturated carbocycles. The molecule has 2 nitrogen and oxygen atoms in total. The maximum Gasteiger partial charge on any atom is 0.0952 e. The highest BCUT2D eigenvalue weighted by atomic mass is 16.5. The predicted molar refractivity (Wildman–Crippen MR) is 49.9 cm³/mol. The molecule has 1 saturated heterocycles. The zero-order valence-electron chi connectivity index (χ0n) is 7.68. The van der Waals surface area contributed by atoms with Crippen molar-refractivity contribution in [2.45, 2.75) is 38.3 Å². The van der Waals surface area contributed by atoms with Gasteiger partial charge < -0.3 is 10.1 Å².